The Bertz CT molecular complexity index is 1760. The van der Waals surface area contributed by atoms with Gasteiger partial charge >= 0.3 is 0 Å². The van der Waals surface area contributed by atoms with E-state index in [1.165, 1.54) is 11.1 Å². The molecule has 5 aromatic rings. The van der Waals surface area contributed by atoms with Crippen LogP contribution in [0.4, 0.5) is 5.69 Å². The zero-order valence-corrected chi connectivity index (χ0v) is 25.0. The number of aromatic nitrogens is 3. The third kappa shape index (κ3) is 5.76. The summed E-state index contributed by atoms with van der Waals surface area (Å²) in [5, 5.41) is 18.3. The molecule has 3 aromatic carbocycles. The Morgan fingerprint density at radius 2 is 1.61 bits per heavy atom. The first-order valence-electron chi connectivity index (χ1n) is 14.7. The van der Waals surface area contributed by atoms with Crippen molar-refractivity contribution in [2.24, 2.45) is 0 Å². The minimum absolute atomic E-state index is 0.0962. The van der Waals surface area contributed by atoms with E-state index in [-0.39, 0.29) is 17.2 Å². The van der Waals surface area contributed by atoms with Gasteiger partial charge in [0.15, 0.2) is 0 Å². The molecule has 0 spiro atoms. The fourth-order valence-electron chi connectivity index (χ4n) is 5.75. The van der Waals surface area contributed by atoms with Crippen LogP contribution in [0.3, 0.4) is 0 Å². The number of benzene rings is 3. The summed E-state index contributed by atoms with van der Waals surface area (Å²) in [5.74, 6) is -0.762. The molecular formula is C36H35N5O3. The quantitative estimate of drug-likeness (QED) is 0.235. The first-order chi connectivity index (χ1) is 21.2. The minimum atomic E-state index is -1.05. The van der Waals surface area contributed by atoms with E-state index in [2.05, 4.69) is 36.2 Å². The number of rotatable bonds is 7. The van der Waals surface area contributed by atoms with Gasteiger partial charge in [-0.15, -0.1) is 0 Å². The largest absolute Gasteiger partial charge is 0.388 e. The fourth-order valence-corrected chi connectivity index (χ4v) is 5.75. The van der Waals surface area contributed by atoms with Crippen LogP contribution in [0, 0.1) is 0 Å². The van der Waals surface area contributed by atoms with Crippen LogP contribution < -0.4 is 10.2 Å². The Hall–Kier alpha value is -5.08. The molecule has 2 N–H and O–H groups in total. The topological polar surface area (TPSA) is 100 Å². The predicted octanol–water partition coefficient (Wildman–Crippen LogP) is 6.25. The third-order valence-corrected chi connectivity index (χ3v) is 8.09. The standard InChI is InChI=1S/C36H35N5O3/c1-36(2,3)26-15-17-28(18-16-26)41(35(44)25-22-38-40(23-25)27-11-5-4-6-12-27)33(24-10-9-19-37-21-24)34(43)39-31-20-32(42)30-14-8-7-13-29(30)31/h4-19,21-23,31-33,42H,20H2,1-3H3,(H,39,43)/t31-,32+,33?/m0/s1. The van der Waals surface area contributed by atoms with E-state index in [0.29, 0.717) is 23.2 Å². The van der Waals surface area contributed by atoms with Gasteiger partial charge in [-0.1, -0.05) is 81.4 Å². The zero-order valence-electron chi connectivity index (χ0n) is 25.0. The van der Waals surface area contributed by atoms with Gasteiger partial charge in [0.25, 0.3) is 5.91 Å². The molecule has 222 valence electrons. The number of hydrogen-bond acceptors (Lipinski definition) is 5. The van der Waals surface area contributed by atoms with E-state index in [4.69, 9.17) is 0 Å². The molecular weight excluding hydrogens is 550 g/mol. The summed E-state index contributed by atoms with van der Waals surface area (Å²) in [6, 6.07) is 26.9. The summed E-state index contributed by atoms with van der Waals surface area (Å²) in [4.78, 5) is 34.7. The average molecular weight is 586 g/mol. The molecule has 8 nitrogen and oxygen atoms in total. The number of aliphatic hydroxyl groups is 1. The van der Waals surface area contributed by atoms with E-state index in [0.717, 1.165) is 22.4 Å². The number of nitrogens with one attached hydrogen (secondary N) is 1. The number of hydrogen-bond donors (Lipinski definition) is 2. The van der Waals surface area contributed by atoms with Gasteiger partial charge in [0.2, 0.25) is 5.91 Å². The summed E-state index contributed by atoms with van der Waals surface area (Å²) in [6.07, 6.45) is 6.11. The molecule has 1 unspecified atom stereocenters. The van der Waals surface area contributed by atoms with Crippen molar-refractivity contribution in [1.82, 2.24) is 20.1 Å². The number of carbonyl (C=O) groups excluding carboxylic acids is 2. The average Bonchev–Trinajstić information content (AvgIpc) is 3.65. The van der Waals surface area contributed by atoms with Gasteiger partial charge in [0.05, 0.1) is 29.6 Å². The van der Waals surface area contributed by atoms with Crippen molar-refractivity contribution in [3.05, 3.63) is 144 Å². The number of fused-ring (bicyclic) bond motifs is 1. The van der Waals surface area contributed by atoms with Gasteiger partial charge < -0.3 is 10.4 Å². The molecule has 3 atom stereocenters. The van der Waals surface area contributed by atoms with Crippen LogP contribution in [0.2, 0.25) is 0 Å². The molecule has 0 radical (unpaired) electrons. The number of anilines is 1. The number of para-hydroxylation sites is 1. The molecule has 0 bridgehead atoms. The smallest absolute Gasteiger partial charge is 0.262 e. The van der Waals surface area contributed by atoms with Crippen molar-refractivity contribution in [1.29, 1.82) is 0 Å². The van der Waals surface area contributed by atoms with Gasteiger partial charge in [0, 0.05) is 36.3 Å². The Morgan fingerprint density at radius 1 is 0.909 bits per heavy atom. The third-order valence-electron chi connectivity index (χ3n) is 8.09. The van der Waals surface area contributed by atoms with Crippen molar-refractivity contribution in [2.75, 3.05) is 4.90 Å². The summed E-state index contributed by atoms with van der Waals surface area (Å²) < 4.78 is 1.64. The first kappa shape index (κ1) is 29.0. The second kappa shape index (κ2) is 11.9. The molecule has 2 aromatic heterocycles. The van der Waals surface area contributed by atoms with Crippen LogP contribution in [-0.4, -0.2) is 31.7 Å². The monoisotopic (exact) mass is 585 g/mol. The summed E-state index contributed by atoms with van der Waals surface area (Å²) in [7, 11) is 0. The van der Waals surface area contributed by atoms with Crippen molar-refractivity contribution >= 4 is 17.5 Å². The van der Waals surface area contributed by atoms with Crippen LogP contribution in [0.1, 0.15) is 78.0 Å². The second-order valence-corrected chi connectivity index (χ2v) is 12.1. The van der Waals surface area contributed by atoms with Crippen molar-refractivity contribution in [3.8, 4) is 5.69 Å². The van der Waals surface area contributed by atoms with Crippen LogP contribution in [0.5, 0.6) is 0 Å². The SMILES string of the molecule is CC(C)(C)c1ccc(N(C(=O)c2cnn(-c3ccccc3)c2)C(C(=O)N[C@H]2C[C@@H](O)c3ccccc32)c2cccnc2)cc1. The summed E-state index contributed by atoms with van der Waals surface area (Å²) in [5.41, 5.74) is 4.94. The number of nitrogens with zero attached hydrogens (tertiary/aromatic N) is 4. The van der Waals surface area contributed by atoms with E-state index in [1.54, 1.807) is 35.4 Å². The normalized spacial score (nSPS) is 16.6. The Kier molecular flexibility index (Phi) is 7.84. The molecule has 2 amide bonds. The summed E-state index contributed by atoms with van der Waals surface area (Å²) in [6.45, 7) is 6.38. The van der Waals surface area contributed by atoms with E-state index in [9.17, 15) is 14.7 Å². The molecule has 0 saturated carbocycles. The molecule has 0 aliphatic heterocycles. The molecule has 0 saturated heterocycles. The first-order valence-corrected chi connectivity index (χ1v) is 14.7. The lowest BCUT2D eigenvalue weighted by Gasteiger charge is -2.32. The van der Waals surface area contributed by atoms with Crippen LogP contribution >= 0.6 is 0 Å². The second-order valence-electron chi connectivity index (χ2n) is 12.1. The lowest BCUT2D eigenvalue weighted by atomic mass is 9.87. The predicted molar refractivity (Wildman–Crippen MR) is 169 cm³/mol. The van der Waals surface area contributed by atoms with Crippen molar-refractivity contribution in [3.63, 3.8) is 0 Å². The zero-order chi connectivity index (χ0) is 30.8. The highest BCUT2D eigenvalue weighted by Crippen LogP contribution is 2.39. The van der Waals surface area contributed by atoms with Gasteiger partial charge in [-0.05, 0) is 52.4 Å². The molecule has 1 aliphatic rings. The molecule has 1 aliphatic carbocycles. The maximum absolute atomic E-state index is 14.5. The highest BCUT2D eigenvalue weighted by Gasteiger charge is 2.38. The lowest BCUT2D eigenvalue weighted by molar-refractivity contribution is -0.123. The maximum atomic E-state index is 14.5. The molecule has 6 rings (SSSR count). The van der Waals surface area contributed by atoms with Crippen LogP contribution in [0.15, 0.2) is 116 Å². The number of carbonyl (C=O) groups is 2. The highest BCUT2D eigenvalue weighted by atomic mass is 16.3. The number of amides is 2. The fraction of sp³-hybridized carbons (Fsp3) is 0.222. The van der Waals surface area contributed by atoms with Gasteiger partial charge in [-0.25, -0.2) is 4.68 Å². The molecule has 44 heavy (non-hydrogen) atoms. The van der Waals surface area contributed by atoms with Crippen LogP contribution in [-0.2, 0) is 10.2 Å². The van der Waals surface area contributed by atoms with E-state index < -0.39 is 18.2 Å². The van der Waals surface area contributed by atoms with Crippen molar-refractivity contribution in [2.45, 2.75) is 50.8 Å². The Balaban J connectivity index is 1.43. The Labute approximate surface area is 257 Å². The Morgan fingerprint density at radius 3 is 2.30 bits per heavy atom. The number of aliphatic hydroxyl groups excluding tert-OH is 1. The summed E-state index contributed by atoms with van der Waals surface area (Å²) >= 11 is 0. The van der Waals surface area contributed by atoms with Gasteiger partial charge in [0.1, 0.15) is 6.04 Å². The van der Waals surface area contributed by atoms with Crippen LogP contribution in [0.25, 0.3) is 5.69 Å². The van der Waals surface area contributed by atoms with Gasteiger partial charge in [-0.2, -0.15) is 5.10 Å². The molecule has 0 fully saturated rings. The molecule has 8 heteroatoms. The van der Waals surface area contributed by atoms with E-state index in [1.807, 2.05) is 78.9 Å². The lowest BCUT2D eigenvalue weighted by Crippen LogP contribution is -2.44. The maximum Gasteiger partial charge on any atom is 0.262 e. The van der Waals surface area contributed by atoms with Gasteiger partial charge in [-0.3, -0.25) is 19.5 Å². The highest BCUT2D eigenvalue weighted by molar-refractivity contribution is 6.10. The molecule has 2 heterocycles. The minimum Gasteiger partial charge on any atom is -0.388 e. The number of pyridine rings is 1. The van der Waals surface area contributed by atoms with E-state index >= 15 is 0 Å². The van der Waals surface area contributed by atoms with Crippen molar-refractivity contribution < 1.29 is 14.7 Å².